The highest BCUT2D eigenvalue weighted by Crippen LogP contribution is 2.42. The van der Waals surface area contributed by atoms with Crippen molar-refractivity contribution in [3.05, 3.63) is 60.7 Å². The van der Waals surface area contributed by atoms with Crippen molar-refractivity contribution in [1.29, 1.82) is 0 Å². The molecule has 0 fully saturated rings. The fourth-order valence-electron chi connectivity index (χ4n) is 4.07. The minimum Gasteiger partial charge on any atom is -0.382 e. The van der Waals surface area contributed by atoms with Crippen molar-refractivity contribution in [3.63, 3.8) is 0 Å². The molecular weight excluding hydrogens is 497 g/mol. The molecule has 12 nitrogen and oxygen atoms in total. The van der Waals surface area contributed by atoms with Crippen LogP contribution in [-0.2, 0) is 29.9 Å². The summed E-state index contributed by atoms with van der Waals surface area (Å²) in [5.41, 5.74) is 16.4. The number of carbonyl (C=O) groups excluding carboxylic acids is 1. The summed E-state index contributed by atoms with van der Waals surface area (Å²) in [5, 5.41) is 0. The number of carbonyl (C=O) groups is 1. The van der Waals surface area contributed by atoms with Gasteiger partial charge in [-0.05, 0) is 24.3 Å². The summed E-state index contributed by atoms with van der Waals surface area (Å²) >= 11 is 0. The highest BCUT2D eigenvalue weighted by molar-refractivity contribution is 7.51. The van der Waals surface area contributed by atoms with Gasteiger partial charge in [-0.3, -0.25) is 9.36 Å². The van der Waals surface area contributed by atoms with E-state index in [-0.39, 0.29) is 31.1 Å². The molecule has 0 radical (unpaired) electrons. The van der Waals surface area contributed by atoms with Crippen LogP contribution < -0.4 is 16.7 Å². The average molecular weight is 530 g/mol. The number of hydroxylamine groups is 1. The molecule has 1 aliphatic carbocycles. The topological polar surface area (TPSA) is 170 Å². The van der Waals surface area contributed by atoms with Crippen LogP contribution in [0, 0.1) is 11.8 Å². The monoisotopic (exact) mass is 529 g/mol. The summed E-state index contributed by atoms with van der Waals surface area (Å²) in [7, 11) is -4.15. The summed E-state index contributed by atoms with van der Waals surface area (Å²) in [6, 6.07) is 8.59. The zero-order valence-electron chi connectivity index (χ0n) is 20.8. The number of imidazole rings is 1. The molecule has 37 heavy (non-hydrogen) atoms. The van der Waals surface area contributed by atoms with Gasteiger partial charge < -0.3 is 14.8 Å². The molecule has 0 bridgehead atoms. The predicted molar refractivity (Wildman–Crippen MR) is 137 cm³/mol. The number of anilines is 1. The van der Waals surface area contributed by atoms with Crippen molar-refractivity contribution in [2.75, 3.05) is 12.3 Å². The van der Waals surface area contributed by atoms with Crippen LogP contribution >= 0.6 is 7.75 Å². The number of hydrogen-bond acceptors (Lipinski definition) is 10. The minimum absolute atomic E-state index is 0.0184. The van der Waals surface area contributed by atoms with Gasteiger partial charge in [0.05, 0.1) is 25.6 Å². The van der Waals surface area contributed by atoms with Gasteiger partial charge in [-0.15, -0.1) is 0 Å². The second-order valence-corrected chi connectivity index (χ2v) is 10.9. The highest BCUT2D eigenvalue weighted by atomic mass is 31.2. The van der Waals surface area contributed by atoms with Crippen LogP contribution in [0.15, 0.2) is 55.1 Å². The first-order valence-electron chi connectivity index (χ1n) is 12.0. The van der Waals surface area contributed by atoms with E-state index in [4.69, 9.17) is 25.1 Å². The summed E-state index contributed by atoms with van der Waals surface area (Å²) in [4.78, 5) is 30.8. The first-order chi connectivity index (χ1) is 17.7. The zero-order valence-corrected chi connectivity index (χ0v) is 21.7. The van der Waals surface area contributed by atoms with E-state index in [1.807, 2.05) is 60.9 Å². The Morgan fingerprint density at radius 3 is 2.76 bits per heavy atom. The molecule has 3 aromatic rings. The molecule has 5 N–H and O–H groups in total. The van der Waals surface area contributed by atoms with E-state index in [1.54, 1.807) is 6.33 Å². The van der Waals surface area contributed by atoms with Crippen molar-refractivity contribution < 1.29 is 23.2 Å². The van der Waals surface area contributed by atoms with Crippen molar-refractivity contribution in [2.24, 2.45) is 17.3 Å². The second-order valence-electron chi connectivity index (χ2n) is 9.35. The van der Waals surface area contributed by atoms with Crippen LogP contribution in [-0.4, -0.2) is 38.1 Å². The van der Waals surface area contributed by atoms with Crippen molar-refractivity contribution in [2.45, 2.75) is 45.4 Å². The number of nitrogens with one attached hydrogen (secondary N) is 1. The number of hydrogen-bond donors (Lipinski definition) is 3. The number of nitrogens with two attached hydrogens (primary N) is 2. The molecule has 4 rings (SSSR count). The maximum absolute atomic E-state index is 12.8. The third kappa shape index (κ3) is 7.21. The summed E-state index contributed by atoms with van der Waals surface area (Å²) in [5.74, 6) is -0.443. The van der Waals surface area contributed by atoms with Gasteiger partial charge in [0.1, 0.15) is 17.9 Å². The quantitative estimate of drug-likeness (QED) is 0.179. The van der Waals surface area contributed by atoms with E-state index >= 15 is 0 Å². The van der Waals surface area contributed by atoms with Crippen LogP contribution in [0.5, 0.6) is 0 Å². The molecule has 1 aliphatic rings. The second kappa shape index (κ2) is 11.9. The number of fused-ring (bicyclic) bond motifs is 1. The first-order valence-corrected chi connectivity index (χ1v) is 13.6. The highest BCUT2D eigenvalue weighted by Gasteiger charge is 2.32. The molecule has 1 aromatic carbocycles. The molecule has 0 spiro atoms. The summed E-state index contributed by atoms with van der Waals surface area (Å²) in [6.07, 6.45) is 7.99. The lowest BCUT2D eigenvalue weighted by atomic mass is 10.1. The van der Waals surface area contributed by atoms with E-state index in [1.165, 1.54) is 6.33 Å². The van der Waals surface area contributed by atoms with Gasteiger partial charge in [0, 0.05) is 5.92 Å². The smallest absolute Gasteiger partial charge is 0.382 e. The van der Waals surface area contributed by atoms with Crippen LogP contribution in [0.4, 0.5) is 5.82 Å². The third-order valence-electron chi connectivity index (χ3n) is 5.88. The van der Waals surface area contributed by atoms with Crippen LogP contribution in [0.25, 0.3) is 11.2 Å². The van der Waals surface area contributed by atoms with E-state index in [2.05, 4.69) is 20.4 Å². The fraction of sp³-hybridized carbons (Fsp3) is 0.417. The zero-order chi connectivity index (χ0) is 26.4. The Morgan fingerprint density at radius 2 is 2.00 bits per heavy atom. The number of aromatic nitrogens is 4. The molecule has 2 heterocycles. The number of allylic oxidation sites excluding steroid dienone is 1. The van der Waals surface area contributed by atoms with E-state index in [0.717, 1.165) is 5.56 Å². The van der Waals surface area contributed by atoms with Crippen LogP contribution in [0.2, 0.25) is 0 Å². The van der Waals surface area contributed by atoms with Crippen LogP contribution in [0.3, 0.4) is 0 Å². The van der Waals surface area contributed by atoms with Gasteiger partial charge in [0.2, 0.25) is 0 Å². The Labute approximate surface area is 215 Å². The van der Waals surface area contributed by atoms with Crippen LogP contribution in [0.1, 0.15) is 38.3 Å². The van der Waals surface area contributed by atoms with Gasteiger partial charge in [-0.2, -0.15) is 5.48 Å². The van der Waals surface area contributed by atoms with Gasteiger partial charge in [0.15, 0.2) is 11.5 Å². The molecule has 0 saturated heterocycles. The lowest BCUT2D eigenvalue weighted by molar-refractivity contribution is -0.143. The Kier molecular flexibility index (Phi) is 8.67. The molecule has 0 saturated carbocycles. The number of nitrogen functional groups attached to an aromatic ring is 1. The van der Waals surface area contributed by atoms with Crippen molar-refractivity contribution >= 4 is 30.7 Å². The normalized spacial score (nSPS) is 19.8. The largest absolute Gasteiger partial charge is 0.458 e. The Balaban J connectivity index is 1.28. The van der Waals surface area contributed by atoms with Gasteiger partial charge in [0.25, 0.3) is 0 Å². The third-order valence-corrected chi connectivity index (χ3v) is 6.82. The Morgan fingerprint density at radius 1 is 1.22 bits per heavy atom. The SMILES string of the molecule is CC(C)C[C@H](NOCc1ccccc1)C(=O)OP(N)(=O)OC[C@H]1C=C[C@@H](n2cnc3c(N)ncnc32)C1. The van der Waals surface area contributed by atoms with Gasteiger partial charge in [-0.1, -0.05) is 56.3 Å². The number of benzene rings is 1. The molecule has 1 unspecified atom stereocenters. The maximum atomic E-state index is 12.8. The molecular formula is C24H32N7O5P. The van der Waals surface area contributed by atoms with Gasteiger partial charge >= 0.3 is 13.7 Å². The standard InChI is InChI=1S/C24H32N7O5P/c1-16(2)10-20(30-34-12-17-6-4-3-5-7-17)24(32)36-37(26,33)35-13-18-8-9-19(11-18)31-15-29-21-22(25)27-14-28-23(21)31/h3-9,14-16,18-20,30H,10-13H2,1-2H3,(H2,26,33)(H2,25,27,28)/t18-,19+,20-,37?/m0/s1. The lowest BCUT2D eigenvalue weighted by Gasteiger charge is -2.22. The minimum atomic E-state index is -4.15. The fourth-order valence-corrected chi connectivity index (χ4v) is 4.90. The Bertz CT molecular complexity index is 1280. The number of rotatable bonds is 12. The molecule has 198 valence electrons. The van der Waals surface area contributed by atoms with Crippen molar-refractivity contribution in [3.8, 4) is 0 Å². The molecule has 0 aliphatic heterocycles. The van der Waals surface area contributed by atoms with Crippen molar-refractivity contribution in [1.82, 2.24) is 25.0 Å². The number of nitrogens with zero attached hydrogens (tertiary/aromatic N) is 4. The molecule has 4 atom stereocenters. The Hall–Kier alpha value is -3.15. The van der Waals surface area contributed by atoms with E-state index in [0.29, 0.717) is 29.8 Å². The molecule has 2 aromatic heterocycles. The van der Waals surface area contributed by atoms with E-state index in [9.17, 15) is 9.36 Å². The maximum Gasteiger partial charge on any atom is 0.458 e. The summed E-state index contributed by atoms with van der Waals surface area (Å²) < 4.78 is 25.1. The first kappa shape index (κ1) is 26.9. The lowest BCUT2D eigenvalue weighted by Crippen LogP contribution is -2.39. The predicted octanol–water partition coefficient (Wildman–Crippen LogP) is 3.29. The molecule has 0 amide bonds. The average Bonchev–Trinajstić information content (AvgIpc) is 3.50. The summed E-state index contributed by atoms with van der Waals surface area (Å²) in [6.45, 7) is 4.17. The van der Waals surface area contributed by atoms with E-state index < -0.39 is 19.8 Å². The molecule has 13 heteroatoms. The van der Waals surface area contributed by atoms with Gasteiger partial charge in [-0.25, -0.2) is 29.8 Å².